The van der Waals surface area contributed by atoms with Crippen LogP contribution in [0.15, 0.2) is 16.7 Å². The highest BCUT2D eigenvalue weighted by molar-refractivity contribution is 5.70. The van der Waals surface area contributed by atoms with E-state index in [2.05, 4.69) is 15.0 Å². The summed E-state index contributed by atoms with van der Waals surface area (Å²) >= 11 is 0. The molecule has 4 rings (SSSR count). The zero-order chi connectivity index (χ0) is 22.8. The van der Waals surface area contributed by atoms with Crippen LogP contribution >= 0.6 is 0 Å². The van der Waals surface area contributed by atoms with Gasteiger partial charge in [-0.2, -0.15) is 4.98 Å². The van der Waals surface area contributed by atoms with Crippen LogP contribution in [0.5, 0.6) is 5.75 Å². The van der Waals surface area contributed by atoms with E-state index in [-0.39, 0.29) is 11.7 Å². The van der Waals surface area contributed by atoms with Gasteiger partial charge in [0.1, 0.15) is 17.4 Å². The lowest BCUT2D eigenvalue weighted by Gasteiger charge is -2.30. The van der Waals surface area contributed by atoms with E-state index in [4.69, 9.17) is 14.4 Å². The molecule has 0 radical (unpaired) electrons. The van der Waals surface area contributed by atoms with E-state index in [1.165, 1.54) is 0 Å². The topological polar surface area (TPSA) is 88.7 Å². The van der Waals surface area contributed by atoms with Crippen LogP contribution in [-0.2, 0) is 11.2 Å². The van der Waals surface area contributed by atoms with Crippen molar-refractivity contribution in [3.63, 3.8) is 0 Å². The van der Waals surface area contributed by atoms with Gasteiger partial charge in [0.15, 0.2) is 5.82 Å². The van der Waals surface area contributed by atoms with Crippen molar-refractivity contribution in [2.24, 2.45) is 17.8 Å². The Labute approximate surface area is 185 Å². The third-order valence-electron chi connectivity index (χ3n) is 6.54. The summed E-state index contributed by atoms with van der Waals surface area (Å²) in [6, 6.07) is 2.73. The lowest BCUT2D eigenvalue weighted by Crippen LogP contribution is -2.34. The molecule has 1 N–H and O–H groups in total. The van der Waals surface area contributed by atoms with Crippen LogP contribution in [0, 0.1) is 29.4 Å². The van der Waals surface area contributed by atoms with Gasteiger partial charge in [-0.05, 0) is 43.4 Å². The zero-order valence-corrected chi connectivity index (χ0v) is 18.4. The Morgan fingerprint density at radius 3 is 2.56 bits per heavy atom. The lowest BCUT2D eigenvalue weighted by atomic mass is 9.90. The smallest absolute Gasteiger partial charge is 0.324 e. The molecule has 174 valence electrons. The normalized spacial score (nSPS) is 21.2. The quantitative estimate of drug-likeness (QED) is 0.606. The number of halogens is 2. The number of aliphatic carboxylic acids is 1. The standard InChI is InChI=1S/C23H29F2N3O4/c1-13(2)22-26-23(32-27-22)28-6-3-14(4-7-28)17-9-15(17)5-8-31-16-10-19(24)18(12-21(29)30)20(25)11-16/h10-11,13-15,17H,3-9,12H2,1-2H3,(H,29,30). The Hall–Kier alpha value is -2.71. The number of aromatic nitrogens is 2. The molecule has 32 heavy (non-hydrogen) atoms. The van der Waals surface area contributed by atoms with Crippen LogP contribution < -0.4 is 9.64 Å². The van der Waals surface area contributed by atoms with E-state index in [0.717, 1.165) is 56.7 Å². The van der Waals surface area contributed by atoms with Crippen molar-refractivity contribution in [3.8, 4) is 5.75 Å². The Bertz CT molecular complexity index is 933. The van der Waals surface area contributed by atoms with Gasteiger partial charge in [0.05, 0.1) is 13.0 Å². The summed E-state index contributed by atoms with van der Waals surface area (Å²) < 4.78 is 38.9. The monoisotopic (exact) mass is 449 g/mol. The number of nitrogens with zero attached hydrogens (tertiary/aromatic N) is 3. The van der Waals surface area contributed by atoms with Gasteiger partial charge in [-0.1, -0.05) is 19.0 Å². The molecule has 2 unspecified atom stereocenters. The number of piperidine rings is 1. The second-order valence-electron chi connectivity index (χ2n) is 9.15. The molecule has 0 amide bonds. The molecule has 1 aliphatic carbocycles. The summed E-state index contributed by atoms with van der Waals surface area (Å²) in [5.41, 5.74) is -0.445. The molecular weight excluding hydrogens is 420 g/mol. The first-order valence-corrected chi connectivity index (χ1v) is 11.2. The molecule has 1 aliphatic heterocycles. The first kappa shape index (κ1) is 22.5. The summed E-state index contributed by atoms with van der Waals surface area (Å²) in [6.45, 7) is 6.28. The number of rotatable bonds is 9. The maximum absolute atomic E-state index is 14.0. The average Bonchev–Trinajstić information content (AvgIpc) is 3.33. The predicted octanol–water partition coefficient (Wildman–Crippen LogP) is 4.42. The summed E-state index contributed by atoms with van der Waals surface area (Å²) in [7, 11) is 0. The highest BCUT2D eigenvalue weighted by atomic mass is 19.1. The van der Waals surface area contributed by atoms with E-state index in [0.29, 0.717) is 30.4 Å². The predicted molar refractivity (Wildman–Crippen MR) is 113 cm³/mol. The minimum absolute atomic E-state index is 0.0972. The number of carboxylic acid groups (broad SMARTS) is 1. The Balaban J connectivity index is 1.20. The average molecular weight is 449 g/mol. The molecular formula is C23H29F2N3O4. The second-order valence-corrected chi connectivity index (χ2v) is 9.15. The summed E-state index contributed by atoms with van der Waals surface area (Å²) in [5, 5.41) is 12.8. The molecule has 2 atom stereocenters. The fourth-order valence-corrected chi connectivity index (χ4v) is 4.60. The summed E-state index contributed by atoms with van der Waals surface area (Å²) in [4.78, 5) is 17.4. The third kappa shape index (κ3) is 5.19. The van der Waals surface area contributed by atoms with Crippen molar-refractivity contribution >= 4 is 12.0 Å². The number of carboxylic acids is 1. The molecule has 2 aliphatic rings. The number of benzene rings is 1. The largest absolute Gasteiger partial charge is 0.493 e. The van der Waals surface area contributed by atoms with Crippen molar-refractivity contribution in [2.75, 3.05) is 24.6 Å². The van der Waals surface area contributed by atoms with Crippen LogP contribution in [0.2, 0.25) is 0 Å². The van der Waals surface area contributed by atoms with E-state index in [9.17, 15) is 13.6 Å². The van der Waals surface area contributed by atoms with E-state index >= 15 is 0 Å². The zero-order valence-electron chi connectivity index (χ0n) is 18.4. The molecule has 2 heterocycles. The van der Waals surface area contributed by atoms with Crippen molar-refractivity contribution in [3.05, 3.63) is 35.2 Å². The van der Waals surface area contributed by atoms with Crippen LogP contribution in [-0.4, -0.2) is 40.9 Å². The number of anilines is 1. The van der Waals surface area contributed by atoms with Crippen LogP contribution in [0.25, 0.3) is 0 Å². The lowest BCUT2D eigenvalue weighted by molar-refractivity contribution is -0.136. The summed E-state index contributed by atoms with van der Waals surface area (Å²) in [6.07, 6.45) is 3.48. The Morgan fingerprint density at radius 1 is 1.28 bits per heavy atom. The van der Waals surface area contributed by atoms with Gasteiger partial charge in [0.2, 0.25) is 0 Å². The number of hydrogen-bond acceptors (Lipinski definition) is 6. The Kier molecular flexibility index (Phi) is 6.62. The van der Waals surface area contributed by atoms with Gasteiger partial charge < -0.3 is 19.3 Å². The molecule has 2 fully saturated rings. The second kappa shape index (κ2) is 9.42. The minimum atomic E-state index is -1.28. The van der Waals surface area contributed by atoms with Crippen LogP contribution in [0.3, 0.4) is 0 Å². The molecule has 1 saturated carbocycles. The van der Waals surface area contributed by atoms with Gasteiger partial charge in [-0.3, -0.25) is 4.79 Å². The van der Waals surface area contributed by atoms with E-state index in [1.54, 1.807) is 0 Å². The molecule has 1 aromatic heterocycles. The van der Waals surface area contributed by atoms with E-state index in [1.807, 2.05) is 13.8 Å². The van der Waals surface area contributed by atoms with Gasteiger partial charge in [-0.15, -0.1) is 0 Å². The van der Waals surface area contributed by atoms with Crippen molar-refractivity contribution < 1.29 is 27.9 Å². The van der Waals surface area contributed by atoms with Gasteiger partial charge >= 0.3 is 12.0 Å². The SMILES string of the molecule is CC(C)c1noc(N2CCC(C3CC3CCOc3cc(F)c(CC(=O)O)c(F)c3)CC2)n1. The maximum Gasteiger partial charge on any atom is 0.324 e. The molecule has 9 heteroatoms. The molecule has 0 spiro atoms. The maximum atomic E-state index is 14.0. The van der Waals surface area contributed by atoms with Crippen molar-refractivity contribution in [1.29, 1.82) is 0 Å². The van der Waals surface area contributed by atoms with Gasteiger partial charge in [0, 0.05) is 36.7 Å². The first-order chi connectivity index (χ1) is 15.3. The van der Waals surface area contributed by atoms with E-state index < -0.39 is 29.6 Å². The first-order valence-electron chi connectivity index (χ1n) is 11.2. The van der Waals surface area contributed by atoms with Gasteiger partial charge in [-0.25, -0.2) is 8.78 Å². The number of carbonyl (C=O) groups is 1. The highest BCUT2D eigenvalue weighted by Gasteiger charge is 2.43. The fraction of sp³-hybridized carbons (Fsp3) is 0.609. The molecule has 2 aromatic rings. The third-order valence-corrected chi connectivity index (χ3v) is 6.54. The van der Waals surface area contributed by atoms with Crippen LogP contribution in [0.1, 0.15) is 56.8 Å². The molecule has 0 bridgehead atoms. The van der Waals surface area contributed by atoms with Gasteiger partial charge in [0.25, 0.3) is 0 Å². The highest BCUT2D eigenvalue weighted by Crippen LogP contribution is 2.50. The fourth-order valence-electron chi connectivity index (χ4n) is 4.60. The molecule has 1 aromatic carbocycles. The minimum Gasteiger partial charge on any atom is -0.493 e. The summed E-state index contributed by atoms with van der Waals surface area (Å²) in [5.74, 6) is -0.0748. The number of ether oxygens (including phenoxy) is 1. The van der Waals surface area contributed by atoms with Crippen LogP contribution in [0.4, 0.5) is 14.8 Å². The van der Waals surface area contributed by atoms with Crippen molar-refractivity contribution in [2.45, 2.75) is 51.9 Å². The number of hydrogen-bond donors (Lipinski definition) is 1. The molecule has 1 saturated heterocycles. The molecule has 7 nitrogen and oxygen atoms in total. The Morgan fingerprint density at radius 2 is 1.97 bits per heavy atom. The van der Waals surface area contributed by atoms with Crippen molar-refractivity contribution in [1.82, 2.24) is 10.1 Å².